The number of carbonyl (C=O) groups excluding carboxylic acids is 2. The van der Waals surface area contributed by atoms with Gasteiger partial charge in [0.25, 0.3) is 0 Å². The molecule has 4 saturated carbocycles. The summed E-state index contributed by atoms with van der Waals surface area (Å²) in [4.78, 5) is 27.5. The fourth-order valence-corrected chi connectivity index (χ4v) is 7.55. The Hall–Kier alpha value is -1.36. The monoisotopic (exact) mass is 388 g/mol. The number of benzene rings is 1. The molecule has 1 aliphatic heterocycles. The average Bonchev–Trinajstić information content (AvgIpc) is 2.51. The fraction of sp³-hybridized carbons (Fsp3) is 0.579. The van der Waals surface area contributed by atoms with E-state index in [2.05, 4.69) is 21.2 Å². The van der Waals surface area contributed by atoms with Crippen molar-refractivity contribution in [2.75, 3.05) is 16.8 Å². The van der Waals surface area contributed by atoms with Crippen LogP contribution in [0, 0.1) is 17.3 Å². The lowest BCUT2D eigenvalue weighted by molar-refractivity contribution is -0.141. The van der Waals surface area contributed by atoms with E-state index in [9.17, 15) is 9.59 Å². The van der Waals surface area contributed by atoms with E-state index < -0.39 is 0 Å². The predicted octanol–water partition coefficient (Wildman–Crippen LogP) is 3.71. The third-order valence-corrected chi connectivity index (χ3v) is 7.39. The molecule has 4 nitrogen and oxygen atoms in total. The maximum atomic E-state index is 13.6. The largest absolute Gasteiger partial charge is 0.323 e. The molecular weight excluding hydrogens is 368 g/mol. The van der Waals surface area contributed by atoms with Gasteiger partial charge in [0.2, 0.25) is 11.8 Å². The molecule has 24 heavy (non-hydrogen) atoms. The minimum Gasteiger partial charge on any atom is -0.323 e. The van der Waals surface area contributed by atoms with Gasteiger partial charge in [0, 0.05) is 4.32 Å². The zero-order valence-corrected chi connectivity index (χ0v) is 15.1. The van der Waals surface area contributed by atoms with Crippen molar-refractivity contribution < 1.29 is 9.59 Å². The van der Waals surface area contributed by atoms with Crippen molar-refractivity contribution in [2.45, 2.75) is 42.8 Å². The first-order valence-corrected chi connectivity index (χ1v) is 9.66. The molecule has 5 aliphatic rings. The highest BCUT2D eigenvalue weighted by atomic mass is 79.9. The summed E-state index contributed by atoms with van der Waals surface area (Å²) < 4.78 is 0.143. The highest BCUT2D eigenvalue weighted by Gasteiger charge is 2.60. The van der Waals surface area contributed by atoms with Gasteiger partial charge in [-0.1, -0.05) is 28.1 Å². The third-order valence-electron chi connectivity index (χ3n) is 6.46. The molecule has 2 atom stereocenters. The number of para-hydroxylation sites is 2. The van der Waals surface area contributed by atoms with Gasteiger partial charge < -0.3 is 10.2 Å². The van der Waals surface area contributed by atoms with Crippen molar-refractivity contribution in [2.24, 2.45) is 17.3 Å². The van der Waals surface area contributed by atoms with Crippen LogP contribution in [0.2, 0.25) is 0 Å². The molecule has 0 radical (unpaired) electrons. The molecule has 5 heteroatoms. The molecule has 2 unspecified atom stereocenters. The number of alkyl halides is 1. The van der Waals surface area contributed by atoms with Gasteiger partial charge in [0.15, 0.2) is 0 Å². The Labute approximate surface area is 150 Å². The van der Waals surface area contributed by atoms with Crippen LogP contribution in [0.25, 0.3) is 0 Å². The van der Waals surface area contributed by atoms with Crippen LogP contribution < -0.4 is 10.2 Å². The number of hydrogen-bond acceptors (Lipinski definition) is 2. The second-order valence-electron chi connectivity index (χ2n) is 8.35. The van der Waals surface area contributed by atoms with Crippen LogP contribution in [0.5, 0.6) is 0 Å². The molecule has 1 aromatic rings. The van der Waals surface area contributed by atoms with E-state index in [1.807, 2.05) is 24.3 Å². The Balaban J connectivity index is 1.54. The Morgan fingerprint density at radius 1 is 1.17 bits per heavy atom. The van der Waals surface area contributed by atoms with Crippen LogP contribution in [0.1, 0.15) is 38.5 Å². The Morgan fingerprint density at radius 2 is 1.88 bits per heavy atom. The van der Waals surface area contributed by atoms with Gasteiger partial charge >= 0.3 is 0 Å². The molecule has 4 bridgehead atoms. The molecule has 0 spiro atoms. The number of rotatable bonds is 1. The summed E-state index contributed by atoms with van der Waals surface area (Å²) in [5.41, 5.74) is 1.32. The van der Waals surface area contributed by atoms with Crippen molar-refractivity contribution >= 4 is 39.1 Å². The standard InChI is InChI=1S/C19H21BrN2O2/c20-19-8-12-5-13(9-19)7-18(6-12,11-19)17(24)22-10-16(23)21-14-3-1-2-4-15(14)22/h1-4,12-13H,5-11H2,(H,21,23). The number of anilines is 2. The van der Waals surface area contributed by atoms with Crippen LogP contribution in [0.15, 0.2) is 24.3 Å². The van der Waals surface area contributed by atoms with Crippen LogP contribution in [-0.2, 0) is 9.59 Å². The SMILES string of the molecule is O=C1CN(C(=O)C23CC4CC(CC(Br)(C4)C2)C3)c2ccccc2N1. The molecule has 2 amide bonds. The first kappa shape index (κ1) is 14.9. The molecule has 1 N–H and O–H groups in total. The molecule has 6 rings (SSSR count). The van der Waals surface area contributed by atoms with E-state index in [0.29, 0.717) is 11.8 Å². The molecule has 4 fully saturated rings. The summed E-state index contributed by atoms with van der Waals surface area (Å²) >= 11 is 3.98. The first-order valence-electron chi connectivity index (χ1n) is 8.86. The Bertz CT molecular complexity index is 733. The smallest absolute Gasteiger partial charge is 0.244 e. The van der Waals surface area contributed by atoms with Crippen LogP contribution in [-0.4, -0.2) is 22.7 Å². The summed E-state index contributed by atoms with van der Waals surface area (Å²) in [5.74, 6) is 1.38. The van der Waals surface area contributed by atoms with E-state index in [-0.39, 0.29) is 28.1 Å². The zero-order valence-electron chi connectivity index (χ0n) is 13.6. The number of amides is 2. The summed E-state index contributed by atoms with van der Waals surface area (Å²) in [7, 11) is 0. The molecule has 4 aliphatic carbocycles. The van der Waals surface area contributed by atoms with E-state index in [0.717, 1.165) is 30.6 Å². The van der Waals surface area contributed by atoms with Gasteiger partial charge in [-0.3, -0.25) is 9.59 Å². The van der Waals surface area contributed by atoms with E-state index in [4.69, 9.17) is 0 Å². The van der Waals surface area contributed by atoms with E-state index >= 15 is 0 Å². The van der Waals surface area contributed by atoms with Crippen LogP contribution in [0.3, 0.4) is 0 Å². The highest BCUT2D eigenvalue weighted by molar-refractivity contribution is 9.10. The van der Waals surface area contributed by atoms with E-state index in [1.54, 1.807) is 4.90 Å². The fourth-order valence-electron chi connectivity index (χ4n) is 6.10. The van der Waals surface area contributed by atoms with Crippen molar-refractivity contribution in [3.05, 3.63) is 24.3 Å². The van der Waals surface area contributed by atoms with Crippen molar-refractivity contribution in [3.63, 3.8) is 0 Å². The van der Waals surface area contributed by atoms with Crippen LogP contribution >= 0.6 is 15.9 Å². The number of halogens is 1. The highest BCUT2D eigenvalue weighted by Crippen LogP contribution is 2.65. The Morgan fingerprint density at radius 3 is 2.58 bits per heavy atom. The summed E-state index contributed by atoms with van der Waals surface area (Å²) in [6.45, 7) is 0.141. The molecule has 1 aromatic carbocycles. The zero-order chi connectivity index (χ0) is 16.5. The summed E-state index contributed by atoms with van der Waals surface area (Å²) in [5, 5.41) is 2.88. The average molecular weight is 389 g/mol. The molecular formula is C19H21BrN2O2. The van der Waals surface area contributed by atoms with E-state index in [1.165, 1.54) is 19.3 Å². The van der Waals surface area contributed by atoms with Crippen molar-refractivity contribution in [1.29, 1.82) is 0 Å². The normalized spacial score (nSPS) is 39.5. The topological polar surface area (TPSA) is 49.4 Å². The third kappa shape index (κ3) is 2.10. The lowest BCUT2D eigenvalue weighted by Gasteiger charge is -2.60. The van der Waals surface area contributed by atoms with Gasteiger partial charge in [-0.15, -0.1) is 0 Å². The second-order valence-corrected chi connectivity index (χ2v) is 10.0. The summed E-state index contributed by atoms with van der Waals surface area (Å²) in [6.07, 6.45) is 6.60. The number of fused-ring (bicyclic) bond motifs is 1. The number of nitrogens with one attached hydrogen (secondary N) is 1. The first-order chi connectivity index (χ1) is 11.5. The number of carbonyl (C=O) groups is 2. The van der Waals surface area contributed by atoms with Gasteiger partial charge in [0.05, 0.1) is 16.8 Å². The quantitative estimate of drug-likeness (QED) is 0.745. The maximum Gasteiger partial charge on any atom is 0.244 e. The lowest BCUT2D eigenvalue weighted by Crippen LogP contribution is -2.60. The van der Waals surface area contributed by atoms with Gasteiger partial charge in [0.1, 0.15) is 6.54 Å². The number of hydrogen-bond donors (Lipinski definition) is 1. The van der Waals surface area contributed by atoms with Gasteiger partial charge in [-0.05, 0) is 62.5 Å². The van der Waals surface area contributed by atoms with Gasteiger partial charge in [-0.25, -0.2) is 0 Å². The van der Waals surface area contributed by atoms with Crippen LogP contribution in [0.4, 0.5) is 11.4 Å². The minimum absolute atomic E-state index is 0.0969. The lowest BCUT2D eigenvalue weighted by atomic mass is 9.49. The minimum atomic E-state index is -0.279. The molecule has 0 aromatic heterocycles. The van der Waals surface area contributed by atoms with Gasteiger partial charge in [-0.2, -0.15) is 0 Å². The second kappa shape index (κ2) is 4.84. The van der Waals surface area contributed by atoms with Crippen molar-refractivity contribution in [1.82, 2.24) is 0 Å². The predicted molar refractivity (Wildman–Crippen MR) is 96.2 cm³/mol. The summed E-state index contributed by atoms with van der Waals surface area (Å²) in [6, 6.07) is 7.64. The maximum absolute atomic E-state index is 13.6. The molecule has 0 saturated heterocycles. The molecule has 1 heterocycles. The van der Waals surface area contributed by atoms with Crippen molar-refractivity contribution in [3.8, 4) is 0 Å². The Kier molecular flexibility index (Phi) is 3.01. The molecule has 126 valence electrons. The number of nitrogens with zero attached hydrogens (tertiary/aromatic N) is 1.